The van der Waals surface area contributed by atoms with Gasteiger partial charge in [0.2, 0.25) is 5.91 Å². The molecule has 0 aromatic heterocycles. The second kappa shape index (κ2) is 9.56. The third kappa shape index (κ3) is 5.88. The SMILES string of the molecule is CC(=O)Nc1ccc(NC(=O)/C(C#N)=C\N2CCN(CCO)CC2)cc1. The highest BCUT2D eigenvalue weighted by atomic mass is 16.3. The molecule has 2 amide bonds. The number of amides is 2. The summed E-state index contributed by atoms with van der Waals surface area (Å²) in [5.41, 5.74) is 1.21. The molecular weight excluding hydrogens is 334 g/mol. The lowest BCUT2D eigenvalue weighted by Crippen LogP contribution is -2.45. The molecule has 1 aromatic carbocycles. The summed E-state index contributed by atoms with van der Waals surface area (Å²) in [6.45, 7) is 5.14. The number of hydrogen-bond donors (Lipinski definition) is 3. The Balaban J connectivity index is 1.94. The van der Waals surface area contributed by atoms with E-state index in [4.69, 9.17) is 5.11 Å². The van der Waals surface area contributed by atoms with Crippen LogP contribution < -0.4 is 10.6 Å². The van der Waals surface area contributed by atoms with Gasteiger partial charge in [-0.15, -0.1) is 0 Å². The van der Waals surface area contributed by atoms with E-state index in [1.54, 1.807) is 30.5 Å². The van der Waals surface area contributed by atoms with Crippen LogP contribution in [0.2, 0.25) is 0 Å². The van der Waals surface area contributed by atoms with Gasteiger partial charge in [-0.05, 0) is 24.3 Å². The first-order valence-electron chi connectivity index (χ1n) is 8.40. The summed E-state index contributed by atoms with van der Waals surface area (Å²) >= 11 is 0. The van der Waals surface area contributed by atoms with Crippen molar-refractivity contribution in [3.63, 3.8) is 0 Å². The smallest absolute Gasteiger partial charge is 0.267 e. The van der Waals surface area contributed by atoms with Gasteiger partial charge >= 0.3 is 0 Å². The fraction of sp³-hybridized carbons (Fsp3) is 0.389. The molecule has 1 heterocycles. The minimum absolute atomic E-state index is 0.0338. The van der Waals surface area contributed by atoms with Crippen LogP contribution in [-0.4, -0.2) is 66.1 Å². The Kier molecular flexibility index (Phi) is 7.14. The normalized spacial score (nSPS) is 15.3. The van der Waals surface area contributed by atoms with Crippen LogP contribution in [0, 0.1) is 11.3 Å². The Hall–Kier alpha value is -2.89. The summed E-state index contributed by atoms with van der Waals surface area (Å²) in [5.74, 6) is -0.645. The van der Waals surface area contributed by atoms with Crippen molar-refractivity contribution in [3.05, 3.63) is 36.0 Å². The molecular formula is C18H23N5O3. The number of aliphatic hydroxyl groups is 1. The molecule has 0 saturated carbocycles. The van der Waals surface area contributed by atoms with Gasteiger partial charge in [-0.2, -0.15) is 5.26 Å². The monoisotopic (exact) mass is 357 g/mol. The molecule has 1 aliphatic rings. The molecule has 3 N–H and O–H groups in total. The van der Waals surface area contributed by atoms with Crippen LogP contribution >= 0.6 is 0 Å². The standard InChI is InChI=1S/C18H23N5O3/c1-14(25)20-16-2-4-17(5-3-16)21-18(26)15(12-19)13-23-8-6-22(7-9-23)10-11-24/h2-5,13,24H,6-11H2,1H3,(H,20,25)(H,21,26)/b15-13-. The van der Waals surface area contributed by atoms with Gasteiger partial charge in [0.15, 0.2) is 0 Å². The van der Waals surface area contributed by atoms with Crippen molar-refractivity contribution in [2.24, 2.45) is 0 Å². The van der Waals surface area contributed by atoms with Crippen molar-refractivity contribution in [2.45, 2.75) is 6.92 Å². The van der Waals surface area contributed by atoms with E-state index in [2.05, 4.69) is 15.5 Å². The first-order chi connectivity index (χ1) is 12.5. The molecule has 1 saturated heterocycles. The topological polar surface area (TPSA) is 109 Å². The maximum atomic E-state index is 12.3. The number of benzene rings is 1. The summed E-state index contributed by atoms with van der Waals surface area (Å²) in [4.78, 5) is 27.4. The Labute approximate surface area is 152 Å². The van der Waals surface area contributed by atoms with E-state index in [0.29, 0.717) is 31.0 Å². The number of anilines is 2. The van der Waals surface area contributed by atoms with Crippen LogP contribution in [0.15, 0.2) is 36.0 Å². The zero-order valence-corrected chi connectivity index (χ0v) is 14.7. The van der Waals surface area contributed by atoms with Crippen LogP contribution in [0.3, 0.4) is 0 Å². The van der Waals surface area contributed by atoms with E-state index < -0.39 is 5.91 Å². The van der Waals surface area contributed by atoms with E-state index in [0.717, 1.165) is 13.1 Å². The average Bonchev–Trinajstić information content (AvgIpc) is 2.62. The van der Waals surface area contributed by atoms with Crippen LogP contribution in [0.5, 0.6) is 0 Å². The Morgan fingerprint density at radius 2 is 1.73 bits per heavy atom. The van der Waals surface area contributed by atoms with Gasteiger partial charge in [-0.25, -0.2) is 0 Å². The number of piperazine rings is 1. The van der Waals surface area contributed by atoms with Gasteiger partial charge < -0.3 is 20.6 Å². The Bertz CT molecular complexity index is 701. The van der Waals surface area contributed by atoms with Crippen molar-refractivity contribution < 1.29 is 14.7 Å². The van der Waals surface area contributed by atoms with Crippen molar-refractivity contribution in [1.82, 2.24) is 9.80 Å². The summed E-state index contributed by atoms with van der Waals surface area (Å²) in [5, 5.41) is 23.6. The Morgan fingerprint density at radius 3 is 2.23 bits per heavy atom. The minimum atomic E-state index is -0.474. The van der Waals surface area contributed by atoms with Gasteiger partial charge in [-0.3, -0.25) is 14.5 Å². The number of aliphatic hydroxyl groups excluding tert-OH is 1. The fourth-order valence-corrected chi connectivity index (χ4v) is 2.62. The first-order valence-corrected chi connectivity index (χ1v) is 8.40. The fourth-order valence-electron chi connectivity index (χ4n) is 2.62. The summed E-state index contributed by atoms with van der Waals surface area (Å²) < 4.78 is 0. The number of carbonyl (C=O) groups excluding carboxylic acids is 2. The molecule has 0 spiro atoms. The second-order valence-electron chi connectivity index (χ2n) is 5.97. The highest BCUT2D eigenvalue weighted by Gasteiger charge is 2.17. The number of hydrogen-bond acceptors (Lipinski definition) is 6. The zero-order chi connectivity index (χ0) is 18.9. The lowest BCUT2D eigenvalue weighted by Gasteiger charge is -2.33. The van der Waals surface area contributed by atoms with E-state index in [-0.39, 0.29) is 18.1 Å². The molecule has 0 bridgehead atoms. The van der Waals surface area contributed by atoms with Crippen LogP contribution in [-0.2, 0) is 9.59 Å². The molecule has 1 aliphatic heterocycles. The average molecular weight is 357 g/mol. The maximum Gasteiger partial charge on any atom is 0.267 e. The van der Waals surface area contributed by atoms with Crippen LogP contribution in [0.1, 0.15) is 6.92 Å². The van der Waals surface area contributed by atoms with Gasteiger partial charge in [0.25, 0.3) is 5.91 Å². The lowest BCUT2D eigenvalue weighted by atomic mass is 10.2. The highest BCUT2D eigenvalue weighted by Crippen LogP contribution is 2.14. The molecule has 0 atom stereocenters. The molecule has 138 valence electrons. The van der Waals surface area contributed by atoms with Crippen LogP contribution in [0.4, 0.5) is 11.4 Å². The number of carbonyl (C=O) groups is 2. The molecule has 1 fully saturated rings. The predicted molar refractivity (Wildman–Crippen MR) is 98.2 cm³/mol. The Morgan fingerprint density at radius 1 is 1.15 bits per heavy atom. The molecule has 1 aromatic rings. The van der Waals surface area contributed by atoms with Gasteiger partial charge in [0, 0.05) is 57.2 Å². The van der Waals surface area contributed by atoms with Crippen molar-refractivity contribution in [3.8, 4) is 6.07 Å². The number of rotatable bonds is 6. The van der Waals surface area contributed by atoms with Gasteiger partial charge in [0.05, 0.1) is 6.61 Å². The molecule has 0 aliphatic carbocycles. The summed E-state index contributed by atoms with van der Waals surface area (Å²) in [6, 6.07) is 8.60. The molecule has 26 heavy (non-hydrogen) atoms. The van der Waals surface area contributed by atoms with E-state index in [1.807, 2.05) is 11.0 Å². The first kappa shape index (κ1) is 19.4. The second-order valence-corrected chi connectivity index (χ2v) is 5.97. The molecule has 0 unspecified atom stereocenters. The number of β-amino-alcohol motifs (C(OH)–C–C–N with tert-alkyl or cyclic N) is 1. The molecule has 8 nitrogen and oxygen atoms in total. The van der Waals surface area contributed by atoms with Crippen molar-refractivity contribution >= 4 is 23.2 Å². The number of nitriles is 1. The highest BCUT2D eigenvalue weighted by molar-refractivity contribution is 6.06. The largest absolute Gasteiger partial charge is 0.395 e. The van der Waals surface area contributed by atoms with E-state index in [9.17, 15) is 14.9 Å². The van der Waals surface area contributed by atoms with Crippen molar-refractivity contribution in [2.75, 3.05) is 50.0 Å². The molecule has 8 heteroatoms. The zero-order valence-electron chi connectivity index (χ0n) is 14.7. The summed E-state index contributed by atoms with van der Waals surface area (Å²) in [7, 11) is 0. The molecule has 0 radical (unpaired) electrons. The predicted octanol–water partition coefficient (Wildman–Crippen LogP) is 0.601. The van der Waals surface area contributed by atoms with Crippen LogP contribution in [0.25, 0.3) is 0 Å². The quantitative estimate of drug-likeness (QED) is 0.508. The summed E-state index contributed by atoms with van der Waals surface area (Å²) in [6.07, 6.45) is 1.58. The number of nitrogens with one attached hydrogen (secondary N) is 2. The molecule has 2 rings (SSSR count). The maximum absolute atomic E-state index is 12.3. The van der Waals surface area contributed by atoms with E-state index in [1.165, 1.54) is 6.92 Å². The third-order valence-corrected chi connectivity index (χ3v) is 3.96. The third-order valence-electron chi connectivity index (χ3n) is 3.96. The van der Waals surface area contributed by atoms with Crippen molar-refractivity contribution in [1.29, 1.82) is 5.26 Å². The minimum Gasteiger partial charge on any atom is -0.395 e. The van der Waals surface area contributed by atoms with Gasteiger partial charge in [-0.1, -0.05) is 0 Å². The number of nitrogens with zero attached hydrogens (tertiary/aromatic N) is 3. The van der Waals surface area contributed by atoms with E-state index >= 15 is 0 Å². The van der Waals surface area contributed by atoms with Gasteiger partial charge in [0.1, 0.15) is 11.6 Å². The lowest BCUT2D eigenvalue weighted by molar-refractivity contribution is -0.114.